The summed E-state index contributed by atoms with van der Waals surface area (Å²) in [5, 5.41) is 11.9. The molecule has 26 heavy (non-hydrogen) atoms. The van der Waals surface area contributed by atoms with Crippen molar-refractivity contribution in [1.82, 2.24) is 29.8 Å². The van der Waals surface area contributed by atoms with E-state index < -0.39 is 0 Å². The van der Waals surface area contributed by atoms with E-state index in [2.05, 4.69) is 39.6 Å². The third-order valence-electron chi connectivity index (χ3n) is 4.81. The molecule has 1 unspecified atom stereocenters. The molecule has 7 nitrogen and oxygen atoms in total. The van der Waals surface area contributed by atoms with Gasteiger partial charge >= 0.3 is 0 Å². The van der Waals surface area contributed by atoms with Gasteiger partial charge in [-0.3, -0.25) is 9.69 Å². The molecule has 0 spiro atoms. The van der Waals surface area contributed by atoms with E-state index in [9.17, 15) is 4.79 Å². The van der Waals surface area contributed by atoms with Crippen LogP contribution in [0.15, 0.2) is 42.7 Å². The molecule has 4 rings (SSSR count). The van der Waals surface area contributed by atoms with E-state index in [4.69, 9.17) is 0 Å². The monoisotopic (exact) mass is 350 g/mol. The molecule has 0 saturated heterocycles. The number of carbonyl (C=O) groups is 1. The summed E-state index contributed by atoms with van der Waals surface area (Å²) in [7, 11) is 3.89. The Morgan fingerprint density at radius 2 is 2.04 bits per heavy atom. The lowest BCUT2D eigenvalue weighted by Crippen LogP contribution is -2.40. The number of rotatable bonds is 3. The molecule has 0 fully saturated rings. The normalized spacial score (nSPS) is 17.1. The third-order valence-corrected chi connectivity index (χ3v) is 4.81. The summed E-state index contributed by atoms with van der Waals surface area (Å²) < 4.78 is 3.37. The van der Waals surface area contributed by atoms with Crippen molar-refractivity contribution in [2.75, 3.05) is 13.6 Å². The number of hydrogen-bond acceptors (Lipinski definition) is 4. The van der Waals surface area contributed by atoms with Gasteiger partial charge in [0.25, 0.3) is 5.91 Å². The molecule has 7 heteroatoms. The molecule has 0 radical (unpaired) electrons. The molecule has 1 aliphatic rings. The van der Waals surface area contributed by atoms with Crippen molar-refractivity contribution in [1.29, 1.82) is 0 Å². The lowest BCUT2D eigenvalue weighted by atomic mass is 9.95. The lowest BCUT2D eigenvalue weighted by molar-refractivity contribution is 0.0921. The minimum Gasteiger partial charge on any atom is -0.344 e. The van der Waals surface area contributed by atoms with Crippen LogP contribution in [0, 0.1) is 6.92 Å². The molecule has 0 aliphatic carbocycles. The highest BCUT2D eigenvalue weighted by Crippen LogP contribution is 2.26. The van der Waals surface area contributed by atoms with Gasteiger partial charge in [0, 0.05) is 32.5 Å². The summed E-state index contributed by atoms with van der Waals surface area (Å²) in [6.07, 6.45) is 3.51. The zero-order valence-corrected chi connectivity index (χ0v) is 15.2. The van der Waals surface area contributed by atoms with Crippen molar-refractivity contribution in [3.8, 4) is 5.82 Å². The molecule has 0 saturated carbocycles. The Morgan fingerprint density at radius 1 is 1.23 bits per heavy atom. The summed E-state index contributed by atoms with van der Waals surface area (Å²) in [5.41, 5.74) is 3.68. The zero-order chi connectivity index (χ0) is 18.3. The average Bonchev–Trinajstić information content (AvgIpc) is 3.21. The molecule has 1 amide bonds. The number of hydrogen-bond donors (Lipinski definition) is 1. The summed E-state index contributed by atoms with van der Waals surface area (Å²) in [6, 6.07) is 10.1. The summed E-state index contributed by atoms with van der Waals surface area (Å²) in [6.45, 7) is 3.52. The van der Waals surface area contributed by atoms with E-state index in [0.29, 0.717) is 17.1 Å². The van der Waals surface area contributed by atoms with Gasteiger partial charge in [-0.25, -0.2) is 9.36 Å². The van der Waals surface area contributed by atoms with Crippen LogP contribution in [0.25, 0.3) is 5.82 Å². The molecule has 3 aromatic rings. The Labute approximate surface area is 152 Å². The lowest BCUT2D eigenvalue weighted by Gasteiger charge is -2.32. The van der Waals surface area contributed by atoms with Crippen molar-refractivity contribution in [2.24, 2.45) is 7.05 Å². The van der Waals surface area contributed by atoms with Gasteiger partial charge in [0.15, 0.2) is 5.82 Å². The molecule has 134 valence electrons. The molecule has 1 aliphatic heterocycles. The first-order valence-electron chi connectivity index (χ1n) is 8.65. The van der Waals surface area contributed by atoms with Crippen molar-refractivity contribution in [2.45, 2.75) is 19.5 Å². The van der Waals surface area contributed by atoms with Gasteiger partial charge in [-0.2, -0.15) is 10.2 Å². The van der Waals surface area contributed by atoms with E-state index in [1.165, 1.54) is 11.1 Å². The molecular formula is C19H22N6O. The second-order valence-corrected chi connectivity index (χ2v) is 6.78. The fourth-order valence-corrected chi connectivity index (χ4v) is 3.71. The largest absolute Gasteiger partial charge is 0.344 e. The molecule has 3 heterocycles. The number of nitrogens with one attached hydrogen (secondary N) is 1. The predicted octanol–water partition coefficient (Wildman–Crippen LogP) is 1.83. The van der Waals surface area contributed by atoms with Crippen molar-refractivity contribution < 1.29 is 4.79 Å². The predicted molar refractivity (Wildman–Crippen MR) is 98.1 cm³/mol. The van der Waals surface area contributed by atoms with E-state index in [1.807, 2.05) is 38.4 Å². The van der Waals surface area contributed by atoms with Crippen LogP contribution in [0.5, 0.6) is 0 Å². The van der Waals surface area contributed by atoms with Crippen molar-refractivity contribution in [3.05, 3.63) is 65.1 Å². The number of aryl methyl sites for hydroxylation is 2. The first-order valence-corrected chi connectivity index (χ1v) is 8.65. The minimum atomic E-state index is -0.129. The summed E-state index contributed by atoms with van der Waals surface area (Å²) in [5.74, 6) is 0.540. The van der Waals surface area contributed by atoms with Crippen molar-refractivity contribution >= 4 is 5.91 Å². The number of amides is 1. The van der Waals surface area contributed by atoms with Gasteiger partial charge in [-0.15, -0.1) is 0 Å². The number of carbonyl (C=O) groups excluding carboxylic acids is 1. The maximum absolute atomic E-state index is 13.2. The summed E-state index contributed by atoms with van der Waals surface area (Å²) in [4.78, 5) is 15.4. The maximum Gasteiger partial charge on any atom is 0.257 e. The van der Waals surface area contributed by atoms with Gasteiger partial charge < -0.3 is 5.32 Å². The maximum atomic E-state index is 13.2. The van der Waals surface area contributed by atoms with E-state index >= 15 is 0 Å². The number of benzene rings is 1. The van der Waals surface area contributed by atoms with Gasteiger partial charge in [-0.1, -0.05) is 24.3 Å². The van der Waals surface area contributed by atoms with Gasteiger partial charge in [0.2, 0.25) is 0 Å². The number of aromatic nitrogens is 4. The molecule has 2 aromatic heterocycles. The number of nitrogens with zero attached hydrogens (tertiary/aromatic N) is 5. The van der Waals surface area contributed by atoms with E-state index in [-0.39, 0.29) is 11.9 Å². The Kier molecular flexibility index (Phi) is 4.08. The number of likely N-dealkylation sites (N-methyl/N-ethyl adjacent to an activating group) is 1. The molecule has 1 atom stereocenters. The highest BCUT2D eigenvalue weighted by molar-refractivity contribution is 5.98. The number of fused-ring (bicyclic) bond motifs is 1. The van der Waals surface area contributed by atoms with Crippen LogP contribution in [-0.4, -0.2) is 44.0 Å². The van der Waals surface area contributed by atoms with Gasteiger partial charge in [-0.05, 0) is 31.2 Å². The average molecular weight is 350 g/mol. The molecule has 0 bridgehead atoms. The topological polar surface area (TPSA) is 68.0 Å². The Hall–Kier alpha value is -2.93. The SMILES string of the molecule is Cc1nn(C)c(-n2cccn2)c1C(=O)NC1CN(C)Cc2ccccc21. The molecule has 1 aromatic carbocycles. The standard InChI is InChI=1S/C19H22N6O/c1-13-17(19(24(3)22-13)25-10-6-9-20-25)18(26)21-16-12-23(2)11-14-7-4-5-8-15(14)16/h4-10,16H,11-12H2,1-3H3,(H,21,26). The van der Waals surface area contributed by atoms with Crippen LogP contribution in [0.4, 0.5) is 0 Å². The second kappa shape index (κ2) is 6.42. The smallest absolute Gasteiger partial charge is 0.257 e. The van der Waals surface area contributed by atoms with Crippen LogP contribution in [0.3, 0.4) is 0 Å². The first-order chi connectivity index (χ1) is 12.5. The highest BCUT2D eigenvalue weighted by atomic mass is 16.1. The fraction of sp³-hybridized carbons (Fsp3) is 0.316. The molecule has 1 N–H and O–H groups in total. The highest BCUT2D eigenvalue weighted by Gasteiger charge is 2.28. The Morgan fingerprint density at radius 3 is 2.81 bits per heavy atom. The Bertz CT molecular complexity index is 943. The van der Waals surface area contributed by atoms with Gasteiger partial charge in [0.05, 0.1) is 11.7 Å². The fourth-order valence-electron chi connectivity index (χ4n) is 3.71. The van der Waals surface area contributed by atoms with Crippen LogP contribution in [-0.2, 0) is 13.6 Å². The summed E-state index contributed by atoms with van der Waals surface area (Å²) >= 11 is 0. The van der Waals surface area contributed by atoms with Crippen LogP contribution in [0.1, 0.15) is 33.2 Å². The van der Waals surface area contributed by atoms with Crippen LogP contribution < -0.4 is 5.32 Å². The first kappa shape index (κ1) is 16.5. The van der Waals surface area contributed by atoms with Crippen LogP contribution in [0.2, 0.25) is 0 Å². The van der Waals surface area contributed by atoms with Gasteiger partial charge in [0.1, 0.15) is 5.56 Å². The second-order valence-electron chi connectivity index (χ2n) is 6.78. The van der Waals surface area contributed by atoms with Crippen LogP contribution >= 0.6 is 0 Å². The van der Waals surface area contributed by atoms with E-state index in [1.54, 1.807) is 15.6 Å². The quantitative estimate of drug-likeness (QED) is 0.783. The van der Waals surface area contributed by atoms with E-state index in [0.717, 1.165) is 13.1 Å². The Balaban J connectivity index is 1.68. The minimum absolute atomic E-state index is 0.0532. The zero-order valence-electron chi connectivity index (χ0n) is 15.2. The molecular weight excluding hydrogens is 328 g/mol. The third kappa shape index (κ3) is 2.80. The van der Waals surface area contributed by atoms with Crippen molar-refractivity contribution in [3.63, 3.8) is 0 Å².